The van der Waals surface area contributed by atoms with E-state index in [-0.39, 0.29) is 5.82 Å². The molecule has 0 saturated heterocycles. The summed E-state index contributed by atoms with van der Waals surface area (Å²) in [7, 11) is 0. The van der Waals surface area contributed by atoms with Crippen LogP contribution in [-0.4, -0.2) is 9.78 Å². The quantitative estimate of drug-likeness (QED) is 0.646. The van der Waals surface area contributed by atoms with E-state index in [2.05, 4.69) is 11.7 Å². The van der Waals surface area contributed by atoms with Crippen LogP contribution in [0.1, 0.15) is 5.56 Å². The molecule has 1 aromatic heterocycles. The molecule has 1 heterocycles. The van der Waals surface area contributed by atoms with Crippen LogP contribution in [0.15, 0.2) is 61.3 Å². The van der Waals surface area contributed by atoms with Crippen LogP contribution in [0, 0.1) is 5.82 Å². The Labute approximate surface area is 110 Å². The van der Waals surface area contributed by atoms with Gasteiger partial charge in [0.05, 0.1) is 11.2 Å². The average Bonchev–Trinajstić information content (AvgIpc) is 2.82. The predicted molar refractivity (Wildman–Crippen MR) is 74.9 cm³/mol. The minimum Gasteiger partial charge on any atom is -0.239 e. The molecule has 3 aromatic rings. The maximum Gasteiger partial charge on any atom is 0.124 e. The van der Waals surface area contributed by atoms with Crippen molar-refractivity contribution in [1.82, 2.24) is 9.78 Å². The second-order valence-electron chi connectivity index (χ2n) is 4.40. The third-order valence-corrected chi connectivity index (χ3v) is 3.07. The van der Waals surface area contributed by atoms with Gasteiger partial charge < -0.3 is 0 Å². The zero-order valence-electron chi connectivity index (χ0n) is 10.4. The second kappa shape index (κ2) is 4.69. The van der Waals surface area contributed by atoms with Crippen LogP contribution < -0.4 is 0 Å². The van der Waals surface area contributed by atoms with Crippen molar-refractivity contribution in [3.8, 4) is 5.69 Å². The van der Waals surface area contributed by atoms with Gasteiger partial charge in [-0.1, -0.05) is 24.3 Å². The van der Waals surface area contributed by atoms with Gasteiger partial charge >= 0.3 is 0 Å². The molecule has 0 radical (unpaired) electrons. The number of hydrogen-bond donors (Lipinski definition) is 0. The predicted octanol–water partition coefficient (Wildman–Crippen LogP) is 3.89. The van der Waals surface area contributed by atoms with Crippen LogP contribution in [0.3, 0.4) is 0 Å². The molecule has 94 valence electrons. The van der Waals surface area contributed by atoms with Gasteiger partial charge in [0, 0.05) is 11.6 Å². The molecule has 0 aliphatic carbocycles. The van der Waals surface area contributed by atoms with E-state index in [0.29, 0.717) is 0 Å². The minimum absolute atomic E-state index is 0.244. The molecule has 3 rings (SSSR count). The van der Waals surface area contributed by atoms with Crippen molar-refractivity contribution in [2.45, 2.75) is 6.42 Å². The molecular formula is C16H13FN2. The Kier molecular flexibility index (Phi) is 2.88. The van der Waals surface area contributed by atoms with E-state index in [0.717, 1.165) is 28.6 Å². The van der Waals surface area contributed by atoms with Gasteiger partial charge in [0.25, 0.3) is 0 Å². The van der Waals surface area contributed by atoms with E-state index in [1.165, 1.54) is 12.1 Å². The van der Waals surface area contributed by atoms with Gasteiger partial charge in [0.1, 0.15) is 5.82 Å². The molecule has 0 saturated carbocycles. The molecule has 2 nitrogen and oxygen atoms in total. The molecule has 0 N–H and O–H groups in total. The smallest absolute Gasteiger partial charge is 0.124 e. The number of aromatic nitrogens is 2. The van der Waals surface area contributed by atoms with Crippen LogP contribution in [0.2, 0.25) is 0 Å². The summed E-state index contributed by atoms with van der Waals surface area (Å²) >= 11 is 0. The van der Waals surface area contributed by atoms with Gasteiger partial charge in [0.2, 0.25) is 0 Å². The molecule has 0 fully saturated rings. The van der Waals surface area contributed by atoms with Crippen LogP contribution in [0.25, 0.3) is 16.6 Å². The number of hydrogen-bond acceptors (Lipinski definition) is 1. The topological polar surface area (TPSA) is 17.8 Å². The lowest BCUT2D eigenvalue weighted by Crippen LogP contribution is -1.99. The maximum absolute atomic E-state index is 13.2. The molecule has 0 amide bonds. The van der Waals surface area contributed by atoms with Crippen LogP contribution in [-0.2, 0) is 6.42 Å². The van der Waals surface area contributed by atoms with Crippen molar-refractivity contribution in [1.29, 1.82) is 0 Å². The van der Waals surface area contributed by atoms with Crippen molar-refractivity contribution in [3.05, 3.63) is 72.7 Å². The molecule has 0 aliphatic heterocycles. The fourth-order valence-corrected chi connectivity index (χ4v) is 2.18. The lowest BCUT2D eigenvalue weighted by molar-refractivity contribution is 0.630. The van der Waals surface area contributed by atoms with Crippen LogP contribution in [0.4, 0.5) is 4.39 Å². The Morgan fingerprint density at radius 1 is 1.21 bits per heavy atom. The third kappa shape index (κ3) is 2.15. The highest BCUT2D eigenvalue weighted by Crippen LogP contribution is 2.19. The zero-order chi connectivity index (χ0) is 13.2. The van der Waals surface area contributed by atoms with Crippen molar-refractivity contribution in [3.63, 3.8) is 0 Å². The van der Waals surface area contributed by atoms with E-state index in [1.54, 1.807) is 10.7 Å². The van der Waals surface area contributed by atoms with Crippen molar-refractivity contribution >= 4 is 10.9 Å². The second-order valence-corrected chi connectivity index (χ2v) is 4.40. The lowest BCUT2D eigenvalue weighted by atomic mass is 10.1. The zero-order valence-corrected chi connectivity index (χ0v) is 10.4. The molecule has 2 aromatic carbocycles. The van der Waals surface area contributed by atoms with Crippen LogP contribution in [0.5, 0.6) is 0 Å². The van der Waals surface area contributed by atoms with E-state index in [1.807, 2.05) is 36.5 Å². The summed E-state index contributed by atoms with van der Waals surface area (Å²) in [6.07, 6.45) is 4.49. The van der Waals surface area contributed by atoms with Crippen molar-refractivity contribution in [2.75, 3.05) is 0 Å². The highest BCUT2D eigenvalue weighted by atomic mass is 19.1. The van der Waals surface area contributed by atoms with Gasteiger partial charge in [-0.25, -0.2) is 9.07 Å². The summed E-state index contributed by atoms with van der Waals surface area (Å²) in [6.45, 7) is 3.77. The summed E-state index contributed by atoms with van der Waals surface area (Å²) in [6, 6.07) is 12.6. The molecule has 0 unspecified atom stereocenters. The third-order valence-electron chi connectivity index (χ3n) is 3.07. The molecule has 0 bridgehead atoms. The summed E-state index contributed by atoms with van der Waals surface area (Å²) < 4.78 is 15.0. The Hall–Kier alpha value is -2.42. The number of para-hydroxylation sites is 1. The monoisotopic (exact) mass is 252 g/mol. The minimum atomic E-state index is -0.244. The van der Waals surface area contributed by atoms with Gasteiger partial charge in [-0.2, -0.15) is 5.10 Å². The summed E-state index contributed by atoms with van der Waals surface area (Å²) in [4.78, 5) is 0. The number of rotatable bonds is 3. The first-order chi connectivity index (χ1) is 9.28. The number of nitrogens with zero attached hydrogens (tertiary/aromatic N) is 2. The fraction of sp³-hybridized carbons (Fsp3) is 0.0625. The Balaban J connectivity index is 2.16. The average molecular weight is 252 g/mol. The van der Waals surface area contributed by atoms with Crippen molar-refractivity contribution in [2.24, 2.45) is 0 Å². The molecular weight excluding hydrogens is 239 g/mol. The van der Waals surface area contributed by atoms with Crippen LogP contribution >= 0.6 is 0 Å². The molecule has 19 heavy (non-hydrogen) atoms. The number of allylic oxidation sites excluding steroid dienone is 1. The van der Waals surface area contributed by atoms with E-state index < -0.39 is 0 Å². The maximum atomic E-state index is 13.2. The summed E-state index contributed by atoms with van der Waals surface area (Å²) in [5, 5.41) is 5.28. The van der Waals surface area contributed by atoms with E-state index in [4.69, 9.17) is 0 Å². The first-order valence-corrected chi connectivity index (χ1v) is 6.12. The fourth-order valence-electron chi connectivity index (χ4n) is 2.18. The first-order valence-electron chi connectivity index (χ1n) is 6.12. The Morgan fingerprint density at radius 3 is 2.89 bits per heavy atom. The standard InChI is InChI=1S/C16H13FN2/c1-2-5-12-6-3-4-7-16(12)19-11-13-10-14(17)8-9-15(13)18-19/h2-4,6-11H,1,5H2. The van der Waals surface area contributed by atoms with Gasteiger partial charge in [0.15, 0.2) is 0 Å². The SMILES string of the molecule is C=CCc1ccccc1-n1cc2cc(F)ccc2n1. The molecule has 0 spiro atoms. The van der Waals surface area contributed by atoms with E-state index >= 15 is 0 Å². The van der Waals surface area contributed by atoms with Gasteiger partial charge in [-0.3, -0.25) is 0 Å². The van der Waals surface area contributed by atoms with Gasteiger partial charge in [-0.05, 0) is 36.2 Å². The summed E-state index contributed by atoms with van der Waals surface area (Å²) in [5.74, 6) is -0.244. The van der Waals surface area contributed by atoms with E-state index in [9.17, 15) is 4.39 Å². The Bertz CT molecular complexity index is 743. The number of fused-ring (bicyclic) bond motifs is 1. The van der Waals surface area contributed by atoms with Gasteiger partial charge in [-0.15, -0.1) is 6.58 Å². The van der Waals surface area contributed by atoms with Crippen molar-refractivity contribution < 1.29 is 4.39 Å². The normalized spacial score (nSPS) is 10.8. The molecule has 0 aliphatic rings. The highest BCUT2D eigenvalue weighted by Gasteiger charge is 2.06. The summed E-state index contributed by atoms with van der Waals surface area (Å²) in [5.41, 5.74) is 2.93. The first kappa shape index (κ1) is 11.7. The highest BCUT2D eigenvalue weighted by molar-refractivity contribution is 5.78. The molecule has 3 heteroatoms. The number of halogens is 1. The largest absolute Gasteiger partial charge is 0.239 e. The lowest BCUT2D eigenvalue weighted by Gasteiger charge is -2.06. The number of benzene rings is 2. The molecule has 0 atom stereocenters. The Morgan fingerprint density at radius 2 is 2.05 bits per heavy atom.